The normalized spacial score (nSPS) is 54.3. The summed E-state index contributed by atoms with van der Waals surface area (Å²) in [7, 11) is 0.655. The fourth-order valence-electron chi connectivity index (χ4n) is 6.93. The van der Waals surface area contributed by atoms with Crippen molar-refractivity contribution in [1.82, 2.24) is 5.32 Å². The van der Waals surface area contributed by atoms with E-state index in [-0.39, 0.29) is 17.4 Å². The van der Waals surface area contributed by atoms with E-state index in [4.69, 9.17) is 4.43 Å². The van der Waals surface area contributed by atoms with Crippen LogP contribution in [0.3, 0.4) is 0 Å². The van der Waals surface area contributed by atoms with Gasteiger partial charge in [0.25, 0.3) is 0 Å². The lowest BCUT2D eigenvalue weighted by molar-refractivity contribution is -0.148. The van der Waals surface area contributed by atoms with E-state index in [2.05, 4.69) is 19.2 Å². The maximum atomic E-state index is 12.2. The second-order valence-electron chi connectivity index (χ2n) is 9.03. The van der Waals surface area contributed by atoms with E-state index in [1.54, 1.807) is 0 Å². The van der Waals surface area contributed by atoms with E-state index in [0.29, 0.717) is 21.9 Å². The Hall–Kier alpha value is -0.353. The van der Waals surface area contributed by atoms with Gasteiger partial charge < -0.3 is 9.74 Å². The minimum absolute atomic E-state index is 0.150. The maximum Gasteiger partial charge on any atom is 0.248 e. The molecule has 1 amide bonds. The molecule has 1 unspecified atom stereocenters. The average Bonchev–Trinajstić information content (AvgIpc) is 2.89. The summed E-state index contributed by atoms with van der Waals surface area (Å²) in [6, 6.07) is 0.389. The zero-order chi connectivity index (χ0) is 15.5. The Morgan fingerprint density at radius 3 is 2.73 bits per heavy atom. The molecule has 124 valence electrons. The van der Waals surface area contributed by atoms with Crippen LogP contribution in [-0.2, 0) is 9.22 Å². The number of rotatable bonds is 1. The number of hydrogen-bond donors (Lipinski definition) is 1. The molecule has 0 aromatic carbocycles. The Bertz CT molecular complexity index is 484. The van der Waals surface area contributed by atoms with Crippen LogP contribution in [0.25, 0.3) is 0 Å². The lowest BCUT2D eigenvalue weighted by Gasteiger charge is -2.60. The SMILES string of the molecule is C[C@@]12CCC[C@H]1[C@@H]1CC[C@H]3NC(=O)C(O[SiH3])C[C@]3(C)[C@H]1CC2. The highest BCUT2D eigenvalue weighted by atomic mass is 28.2. The predicted molar refractivity (Wildman–Crippen MR) is 90.4 cm³/mol. The van der Waals surface area contributed by atoms with Crippen molar-refractivity contribution < 1.29 is 9.22 Å². The highest BCUT2D eigenvalue weighted by Crippen LogP contribution is 2.63. The molecule has 4 heteroatoms. The molecule has 0 aromatic rings. The first-order valence-corrected chi connectivity index (χ1v) is 10.1. The Kier molecular flexibility index (Phi) is 3.50. The standard InChI is InChI=1S/C18H31NO2Si/c1-17-8-3-4-12(17)11-5-6-15-18(2,13(11)7-9-17)10-14(21-22)16(20)19-15/h11-15H,3-10H2,1-2,22H3,(H,19,20)/t11-,12-,13-,14?,15+,17-,18+/m0/s1. The van der Waals surface area contributed by atoms with Gasteiger partial charge in [-0.15, -0.1) is 0 Å². The largest absolute Gasteiger partial charge is 0.416 e. The van der Waals surface area contributed by atoms with Gasteiger partial charge in [0.2, 0.25) is 5.91 Å². The van der Waals surface area contributed by atoms with Crippen molar-refractivity contribution >= 4 is 16.4 Å². The molecule has 4 fully saturated rings. The van der Waals surface area contributed by atoms with Gasteiger partial charge in [0.05, 0.1) is 0 Å². The molecule has 1 N–H and O–H groups in total. The van der Waals surface area contributed by atoms with Crippen LogP contribution in [0.4, 0.5) is 0 Å². The van der Waals surface area contributed by atoms with Gasteiger partial charge in [-0.1, -0.05) is 20.3 Å². The van der Waals surface area contributed by atoms with Crippen molar-refractivity contribution in [2.45, 2.75) is 77.4 Å². The zero-order valence-electron chi connectivity index (χ0n) is 14.4. The third-order valence-electron chi connectivity index (χ3n) is 8.17. The monoisotopic (exact) mass is 321 g/mol. The number of carbonyl (C=O) groups excluding carboxylic acids is 1. The lowest BCUT2D eigenvalue weighted by Crippen LogP contribution is -2.64. The van der Waals surface area contributed by atoms with Crippen molar-refractivity contribution in [3.8, 4) is 0 Å². The van der Waals surface area contributed by atoms with E-state index in [0.717, 1.165) is 24.2 Å². The number of carbonyl (C=O) groups is 1. The number of nitrogens with one attached hydrogen (secondary N) is 1. The molecule has 22 heavy (non-hydrogen) atoms. The van der Waals surface area contributed by atoms with Gasteiger partial charge in [-0.2, -0.15) is 0 Å². The second-order valence-corrected chi connectivity index (χ2v) is 9.51. The van der Waals surface area contributed by atoms with Crippen LogP contribution in [0.1, 0.15) is 65.2 Å². The molecule has 0 radical (unpaired) electrons. The van der Waals surface area contributed by atoms with Crippen LogP contribution >= 0.6 is 0 Å². The summed E-state index contributed by atoms with van der Waals surface area (Å²) in [6.45, 7) is 5.01. The molecule has 0 aromatic heterocycles. The van der Waals surface area contributed by atoms with Crippen molar-refractivity contribution in [2.24, 2.45) is 28.6 Å². The van der Waals surface area contributed by atoms with Crippen molar-refractivity contribution in [2.75, 3.05) is 0 Å². The first-order valence-electron chi connectivity index (χ1n) is 9.31. The van der Waals surface area contributed by atoms with Crippen molar-refractivity contribution in [3.05, 3.63) is 0 Å². The quantitative estimate of drug-likeness (QED) is 0.752. The van der Waals surface area contributed by atoms with Gasteiger partial charge in [-0.05, 0) is 73.5 Å². The zero-order valence-corrected chi connectivity index (χ0v) is 16.4. The van der Waals surface area contributed by atoms with Crippen LogP contribution in [0.2, 0.25) is 0 Å². The fraction of sp³-hybridized carbons (Fsp3) is 0.944. The van der Waals surface area contributed by atoms with E-state index in [1.165, 1.54) is 44.9 Å². The molecule has 0 bridgehead atoms. The summed E-state index contributed by atoms with van der Waals surface area (Å²) in [5.41, 5.74) is 0.881. The Labute approximate surface area is 137 Å². The summed E-state index contributed by atoms with van der Waals surface area (Å²) in [5.74, 6) is 2.78. The van der Waals surface area contributed by atoms with E-state index >= 15 is 0 Å². The smallest absolute Gasteiger partial charge is 0.248 e. The van der Waals surface area contributed by atoms with Crippen LogP contribution in [-0.4, -0.2) is 28.5 Å². The third kappa shape index (κ3) is 1.99. The number of fused-ring (bicyclic) bond motifs is 5. The molecule has 1 saturated heterocycles. The van der Waals surface area contributed by atoms with E-state index < -0.39 is 0 Å². The highest BCUT2D eigenvalue weighted by molar-refractivity contribution is 6.00. The molecule has 3 aliphatic carbocycles. The molecule has 4 rings (SSSR count). The topological polar surface area (TPSA) is 38.3 Å². The average molecular weight is 322 g/mol. The van der Waals surface area contributed by atoms with Crippen LogP contribution < -0.4 is 5.32 Å². The molecule has 7 atom stereocenters. The number of hydrogen-bond acceptors (Lipinski definition) is 2. The summed E-state index contributed by atoms with van der Waals surface area (Å²) in [6.07, 6.45) is 10.4. The molecule has 1 heterocycles. The van der Waals surface area contributed by atoms with E-state index in [1.807, 2.05) is 0 Å². The van der Waals surface area contributed by atoms with Gasteiger partial charge in [-0.3, -0.25) is 4.79 Å². The van der Waals surface area contributed by atoms with Crippen molar-refractivity contribution in [1.29, 1.82) is 0 Å². The second kappa shape index (κ2) is 5.07. The van der Waals surface area contributed by atoms with Crippen LogP contribution in [0.15, 0.2) is 0 Å². The first-order chi connectivity index (χ1) is 10.5. The molecule has 3 saturated carbocycles. The number of amides is 1. The van der Waals surface area contributed by atoms with Crippen molar-refractivity contribution in [3.63, 3.8) is 0 Å². The van der Waals surface area contributed by atoms with Gasteiger partial charge in [0, 0.05) is 6.04 Å². The molecule has 0 spiro atoms. The van der Waals surface area contributed by atoms with Crippen LogP contribution in [0.5, 0.6) is 0 Å². The highest BCUT2D eigenvalue weighted by Gasteiger charge is 2.59. The third-order valence-corrected chi connectivity index (χ3v) is 8.74. The molecule has 1 aliphatic heterocycles. The Morgan fingerprint density at radius 2 is 1.95 bits per heavy atom. The van der Waals surface area contributed by atoms with Gasteiger partial charge in [-0.25, -0.2) is 0 Å². The van der Waals surface area contributed by atoms with Gasteiger partial charge >= 0.3 is 0 Å². The minimum atomic E-state index is -0.177. The molecular formula is C18H31NO2Si. The predicted octanol–water partition coefficient (Wildman–Crippen LogP) is 2.17. The fourth-order valence-corrected chi connectivity index (χ4v) is 7.31. The summed E-state index contributed by atoms with van der Waals surface area (Å²) >= 11 is 0. The van der Waals surface area contributed by atoms with E-state index in [9.17, 15) is 4.79 Å². The van der Waals surface area contributed by atoms with Crippen LogP contribution in [0, 0.1) is 28.6 Å². The van der Waals surface area contributed by atoms with Gasteiger partial charge in [0.15, 0.2) is 0 Å². The minimum Gasteiger partial charge on any atom is -0.416 e. The molecule has 4 aliphatic rings. The summed E-state index contributed by atoms with van der Waals surface area (Å²) in [4.78, 5) is 12.2. The Balaban J connectivity index is 1.63. The Morgan fingerprint density at radius 1 is 1.14 bits per heavy atom. The van der Waals surface area contributed by atoms with Gasteiger partial charge in [0.1, 0.15) is 16.6 Å². The lowest BCUT2D eigenvalue weighted by atomic mass is 9.47. The number of piperidine rings is 1. The summed E-state index contributed by atoms with van der Waals surface area (Å²) in [5, 5.41) is 3.32. The first kappa shape index (κ1) is 15.2. The maximum absolute atomic E-state index is 12.2. The molecular weight excluding hydrogens is 290 g/mol. The molecule has 3 nitrogen and oxygen atoms in total. The summed E-state index contributed by atoms with van der Waals surface area (Å²) < 4.78 is 5.63.